The van der Waals surface area contributed by atoms with Gasteiger partial charge in [-0.3, -0.25) is 9.59 Å². The maximum absolute atomic E-state index is 12.1. The Balaban J connectivity index is 1.89. The van der Waals surface area contributed by atoms with Crippen LogP contribution in [0.5, 0.6) is 0 Å². The Morgan fingerprint density at radius 3 is 2.42 bits per heavy atom. The van der Waals surface area contributed by atoms with Gasteiger partial charge in [0.25, 0.3) is 5.91 Å². The second kappa shape index (κ2) is 9.46. The fourth-order valence-electron chi connectivity index (χ4n) is 2.14. The van der Waals surface area contributed by atoms with Crippen molar-refractivity contribution < 1.29 is 9.59 Å². The predicted octanol–water partition coefficient (Wildman–Crippen LogP) is 4.57. The predicted molar refractivity (Wildman–Crippen MR) is 107 cm³/mol. The van der Waals surface area contributed by atoms with Crippen LogP contribution < -0.4 is 16.0 Å². The van der Waals surface area contributed by atoms with E-state index in [1.165, 1.54) is 0 Å². The lowest BCUT2D eigenvalue weighted by Gasteiger charge is -2.12. The second-order valence-corrected chi connectivity index (χ2v) is 6.65. The Morgan fingerprint density at radius 2 is 1.77 bits per heavy atom. The summed E-state index contributed by atoms with van der Waals surface area (Å²) in [6.07, 6.45) is 0.865. The minimum absolute atomic E-state index is 0.0380. The van der Waals surface area contributed by atoms with Gasteiger partial charge in [-0.15, -0.1) is 0 Å². The third-order valence-electron chi connectivity index (χ3n) is 3.81. The van der Waals surface area contributed by atoms with Gasteiger partial charge in [0.1, 0.15) is 0 Å². The van der Waals surface area contributed by atoms with Gasteiger partial charge in [0.05, 0.1) is 22.3 Å². The van der Waals surface area contributed by atoms with Crippen molar-refractivity contribution in [3.63, 3.8) is 0 Å². The van der Waals surface area contributed by atoms with Gasteiger partial charge in [0, 0.05) is 17.3 Å². The summed E-state index contributed by atoms with van der Waals surface area (Å²) in [7, 11) is 0. The summed E-state index contributed by atoms with van der Waals surface area (Å²) in [4.78, 5) is 24.1. The summed E-state index contributed by atoms with van der Waals surface area (Å²) in [6.45, 7) is 4.00. The third-order valence-corrected chi connectivity index (χ3v) is 4.63. The highest BCUT2D eigenvalue weighted by Crippen LogP contribution is 2.29. The zero-order chi connectivity index (χ0) is 19.1. The zero-order valence-corrected chi connectivity index (χ0v) is 16.1. The van der Waals surface area contributed by atoms with Crippen LogP contribution in [0.25, 0.3) is 0 Å². The van der Waals surface area contributed by atoms with Crippen LogP contribution in [0.2, 0.25) is 10.0 Å². The van der Waals surface area contributed by atoms with Crippen molar-refractivity contribution in [3.8, 4) is 0 Å². The number of anilines is 2. The van der Waals surface area contributed by atoms with Crippen LogP contribution in [-0.2, 0) is 4.79 Å². The standard InChI is InChI=1S/C19H21Cl2N3O2/c1-3-12(2)23-19(26)13-7-9-14(10-8-13)24-17(25)11-22-16-6-4-5-15(20)18(16)21/h4-10,12,22H,3,11H2,1-2H3,(H,23,26)(H,24,25). The number of amides is 2. The molecule has 0 heterocycles. The fourth-order valence-corrected chi connectivity index (χ4v) is 2.50. The highest BCUT2D eigenvalue weighted by Gasteiger charge is 2.10. The van der Waals surface area contributed by atoms with Crippen LogP contribution in [0.3, 0.4) is 0 Å². The number of hydrogen-bond acceptors (Lipinski definition) is 3. The van der Waals surface area contributed by atoms with Gasteiger partial charge >= 0.3 is 0 Å². The molecule has 0 fully saturated rings. The third kappa shape index (κ3) is 5.64. The SMILES string of the molecule is CCC(C)NC(=O)c1ccc(NC(=O)CNc2cccc(Cl)c2Cl)cc1. The highest BCUT2D eigenvalue weighted by molar-refractivity contribution is 6.43. The van der Waals surface area contributed by atoms with Crippen molar-refractivity contribution in [3.05, 3.63) is 58.1 Å². The molecule has 2 aromatic carbocycles. The van der Waals surface area contributed by atoms with Gasteiger partial charge in [0.2, 0.25) is 5.91 Å². The van der Waals surface area contributed by atoms with Gasteiger partial charge < -0.3 is 16.0 Å². The molecule has 0 bridgehead atoms. The molecule has 138 valence electrons. The van der Waals surface area contributed by atoms with Gasteiger partial charge in [-0.25, -0.2) is 0 Å². The van der Waals surface area contributed by atoms with E-state index in [4.69, 9.17) is 23.2 Å². The number of benzene rings is 2. The van der Waals surface area contributed by atoms with Gasteiger partial charge in [-0.1, -0.05) is 36.2 Å². The van der Waals surface area contributed by atoms with Crippen molar-refractivity contribution in [2.24, 2.45) is 0 Å². The molecule has 0 aliphatic rings. The molecule has 1 atom stereocenters. The highest BCUT2D eigenvalue weighted by atomic mass is 35.5. The van der Waals surface area contributed by atoms with Crippen molar-refractivity contribution in [1.29, 1.82) is 0 Å². The van der Waals surface area contributed by atoms with E-state index in [1.807, 2.05) is 13.8 Å². The van der Waals surface area contributed by atoms with E-state index in [9.17, 15) is 9.59 Å². The lowest BCUT2D eigenvalue weighted by atomic mass is 10.1. The maximum atomic E-state index is 12.1. The molecule has 0 radical (unpaired) electrons. The molecule has 0 aliphatic carbocycles. The molecule has 0 aliphatic heterocycles. The largest absolute Gasteiger partial charge is 0.375 e. The molecular formula is C19H21Cl2N3O2. The lowest BCUT2D eigenvalue weighted by molar-refractivity contribution is -0.114. The Hall–Kier alpha value is -2.24. The normalized spacial score (nSPS) is 11.5. The topological polar surface area (TPSA) is 70.2 Å². The molecule has 0 aromatic heterocycles. The van der Waals surface area contributed by atoms with Gasteiger partial charge in [0.15, 0.2) is 0 Å². The van der Waals surface area contributed by atoms with Gasteiger partial charge in [-0.05, 0) is 49.7 Å². The number of carbonyl (C=O) groups is 2. The molecule has 0 spiro atoms. The van der Waals surface area contributed by atoms with Crippen LogP contribution >= 0.6 is 23.2 Å². The molecule has 2 rings (SSSR count). The first-order chi connectivity index (χ1) is 12.4. The number of carbonyl (C=O) groups excluding carboxylic acids is 2. The smallest absolute Gasteiger partial charge is 0.251 e. The molecule has 2 aromatic rings. The molecule has 2 amide bonds. The van der Waals surface area contributed by atoms with E-state index < -0.39 is 0 Å². The number of rotatable bonds is 7. The van der Waals surface area contributed by atoms with E-state index >= 15 is 0 Å². The Kier molecular flexibility index (Phi) is 7.30. The monoisotopic (exact) mass is 393 g/mol. The number of nitrogens with one attached hydrogen (secondary N) is 3. The first-order valence-electron chi connectivity index (χ1n) is 8.29. The van der Waals surface area contributed by atoms with Crippen LogP contribution in [0.4, 0.5) is 11.4 Å². The van der Waals surface area contributed by atoms with Crippen molar-refractivity contribution in [1.82, 2.24) is 5.32 Å². The average Bonchev–Trinajstić information content (AvgIpc) is 2.63. The van der Waals surface area contributed by atoms with E-state index in [2.05, 4.69) is 16.0 Å². The average molecular weight is 394 g/mol. The second-order valence-electron chi connectivity index (χ2n) is 5.86. The fraction of sp³-hybridized carbons (Fsp3) is 0.263. The Labute approximate surface area is 163 Å². The van der Waals surface area contributed by atoms with E-state index in [-0.39, 0.29) is 24.4 Å². The summed E-state index contributed by atoms with van der Waals surface area (Å²) in [5.74, 6) is -0.368. The molecule has 26 heavy (non-hydrogen) atoms. The molecule has 0 saturated carbocycles. The number of halogens is 2. The lowest BCUT2D eigenvalue weighted by Crippen LogP contribution is -2.31. The molecule has 0 saturated heterocycles. The van der Waals surface area contributed by atoms with E-state index in [1.54, 1.807) is 42.5 Å². The van der Waals surface area contributed by atoms with Crippen LogP contribution in [-0.4, -0.2) is 24.4 Å². The first kappa shape index (κ1) is 20.1. The van der Waals surface area contributed by atoms with Crippen molar-refractivity contribution in [2.45, 2.75) is 26.3 Å². The summed E-state index contributed by atoms with van der Waals surface area (Å²) in [5, 5.41) is 9.38. The van der Waals surface area contributed by atoms with Crippen molar-refractivity contribution in [2.75, 3.05) is 17.2 Å². The van der Waals surface area contributed by atoms with E-state index in [0.717, 1.165) is 6.42 Å². The van der Waals surface area contributed by atoms with Gasteiger partial charge in [-0.2, -0.15) is 0 Å². The zero-order valence-electron chi connectivity index (χ0n) is 14.6. The Morgan fingerprint density at radius 1 is 1.08 bits per heavy atom. The minimum Gasteiger partial charge on any atom is -0.375 e. The molecule has 5 nitrogen and oxygen atoms in total. The summed E-state index contributed by atoms with van der Waals surface area (Å²) >= 11 is 12.0. The number of hydrogen-bond donors (Lipinski definition) is 3. The van der Waals surface area contributed by atoms with Crippen LogP contribution in [0, 0.1) is 0 Å². The molecular weight excluding hydrogens is 373 g/mol. The quantitative estimate of drug-likeness (QED) is 0.644. The summed E-state index contributed by atoms with van der Waals surface area (Å²) < 4.78 is 0. The minimum atomic E-state index is -0.238. The van der Waals surface area contributed by atoms with Crippen LogP contribution in [0.15, 0.2) is 42.5 Å². The van der Waals surface area contributed by atoms with Crippen LogP contribution in [0.1, 0.15) is 30.6 Å². The molecule has 7 heteroatoms. The first-order valence-corrected chi connectivity index (χ1v) is 9.05. The molecule has 3 N–H and O–H groups in total. The van der Waals surface area contributed by atoms with E-state index in [0.29, 0.717) is 27.0 Å². The summed E-state index contributed by atoms with van der Waals surface area (Å²) in [6, 6.07) is 12.0. The maximum Gasteiger partial charge on any atom is 0.251 e. The summed E-state index contributed by atoms with van der Waals surface area (Å²) in [5.41, 5.74) is 1.74. The molecule has 1 unspecified atom stereocenters. The van der Waals surface area contributed by atoms with Crippen molar-refractivity contribution >= 4 is 46.4 Å². The Bertz CT molecular complexity index is 779.